The molecule has 108 valence electrons. The molecule has 1 fully saturated rings. The van der Waals surface area contributed by atoms with Crippen LogP contribution in [0.25, 0.3) is 0 Å². The molecule has 0 spiro atoms. The highest BCUT2D eigenvalue weighted by atomic mass is 32.2. The second-order valence-electron chi connectivity index (χ2n) is 4.68. The van der Waals surface area contributed by atoms with Crippen molar-refractivity contribution in [3.8, 4) is 0 Å². The van der Waals surface area contributed by atoms with Crippen LogP contribution in [-0.2, 0) is 23.1 Å². The summed E-state index contributed by atoms with van der Waals surface area (Å²) in [4.78, 5) is 5.11. The number of nitrogens with one attached hydrogen (secondary N) is 2. The summed E-state index contributed by atoms with van der Waals surface area (Å²) in [7, 11) is -3.43. The van der Waals surface area contributed by atoms with Crippen molar-refractivity contribution in [2.45, 2.75) is 36.2 Å². The van der Waals surface area contributed by atoms with E-state index in [2.05, 4.69) is 15.0 Å². The van der Waals surface area contributed by atoms with E-state index >= 15 is 0 Å². The average Bonchev–Trinajstić information content (AvgIpc) is 2.94. The Labute approximate surface area is 126 Å². The molecule has 1 aliphatic rings. The van der Waals surface area contributed by atoms with Crippen LogP contribution in [-0.4, -0.2) is 19.4 Å². The molecule has 2 aromatic rings. The molecule has 1 saturated carbocycles. The molecule has 8 heteroatoms. The van der Waals surface area contributed by atoms with Gasteiger partial charge in [0.15, 0.2) is 0 Å². The first kappa shape index (κ1) is 14.2. The van der Waals surface area contributed by atoms with Crippen molar-refractivity contribution in [3.05, 3.63) is 33.6 Å². The van der Waals surface area contributed by atoms with E-state index in [0.29, 0.717) is 10.3 Å². The molecule has 1 aliphatic carbocycles. The minimum absolute atomic E-state index is 0.236. The second kappa shape index (κ2) is 5.90. The van der Waals surface area contributed by atoms with Crippen LogP contribution in [0.15, 0.2) is 27.2 Å². The van der Waals surface area contributed by atoms with Crippen LogP contribution < -0.4 is 10.0 Å². The Bertz CT molecular complexity index is 660. The maximum atomic E-state index is 12.1. The molecule has 0 aliphatic heterocycles. The molecule has 20 heavy (non-hydrogen) atoms. The summed E-state index contributed by atoms with van der Waals surface area (Å²) in [6.07, 6.45) is 2.46. The fourth-order valence-corrected chi connectivity index (χ4v) is 4.60. The van der Waals surface area contributed by atoms with Gasteiger partial charge in [0.2, 0.25) is 10.0 Å². The van der Waals surface area contributed by atoms with Gasteiger partial charge in [-0.3, -0.25) is 0 Å². The van der Waals surface area contributed by atoms with Gasteiger partial charge in [0.25, 0.3) is 0 Å². The Morgan fingerprint density at radius 1 is 1.30 bits per heavy atom. The average molecular weight is 329 g/mol. The van der Waals surface area contributed by atoms with E-state index in [0.717, 1.165) is 17.1 Å². The molecular formula is C12H15N3O2S3. The van der Waals surface area contributed by atoms with Crippen molar-refractivity contribution >= 4 is 32.7 Å². The number of rotatable bonds is 7. The zero-order chi connectivity index (χ0) is 14.0. The Morgan fingerprint density at radius 2 is 2.15 bits per heavy atom. The van der Waals surface area contributed by atoms with Gasteiger partial charge in [-0.1, -0.05) is 0 Å². The summed E-state index contributed by atoms with van der Waals surface area (Å²) in [6, 6.07) is 4.16. The monoisotopic (exact) mass is 329 g/mol. The number of aromatic nitrogens is 1. The molecule has 5 nitrogen and oxygen atoms in total. The highest BCUT2D eigenvalue weighted by Gasteiger charge is 2.21. The standard InChI is InChI=1S/C12H15N3O2S3/c16-20(17,15-5-10-7-18-8-14-10)12-4-3-11(19-12)6-13-9-1-2-9/h3-4,7-9,13,15H,1-2,5-6H2. The Kier molecular flexibility index (Phi) is 4.18. The second-order valence-corrected chi connectivity index (χ2v) is 8.56. The van der Waals surface area contributed by atoms with Gasteiger partial charge in [-0.15, -0.1) is 22.7 Å². The third-order valence-corrected chi connectivity index (χ3v) is 6.58. The lowest BCUT2D eigenvalue weighted by molar-refractivity contribution is 0.583. The van der Waals surface area contributed by atoms with Gasteiger partial charge in [-0.2, -0.15) is 0 Å². The highest BCUT2D eigenvalue weighted by Crippen LogP contribution is 2.24. The summed E-state index contributed by atoms with van der Waals surface area (Å²) >= 11 is 2.77. The van der Waals surface area contributed by atoms with Gasteiger partial charge in [0.1, 0.15) is 4.21 Å². The molecular weight excluding hydrogens is 314 g/mol. The molecule has 2 aromatic heterocycles. The predicted molar refractivity (Wildman–Crippen MR) is 80.3 cm³/mol. The smallest absolute Gasteiger partial charge is 0.250 e. The number of thiazole rings is 1. The molecule has 0 aromatic carbocycles. The maximum absolute atomic E-state index is 12.1. The normalized spacial score (nSPS) is 15.6. The molecule has 2 N–H and O–H groups in total. The number of hydrogen-bond acceptors (Lipinski definition) is 6. The van der Waals surface area contributed by atoms with Crippen molar-refractivity contribution in [1.29, 1.82) is 0 Å². The number of thiophene rings is 1. The fraction of sp³-hybridized carbons (Fsp3) is 0.417. The van der Waals surface area contributed by atoms with Gasteiger partial charge in [-0.25, -0.2) is 18.1 Å². The highest BCUT2D eigenvalue weighted by molar-refractivity contribution is 7.91. The lowest BCUT2D eigenvalue weighted by atomic mass is 10.4. The van der Waals surface area contributed by atoms with E-state index in [1.54, 1.807) is 11.6 Å². The van der Waals surface area contributed by atoms with E-state index in [4.69, 9.17) is 0 Å². The fourth-order valence-electron chi connectivity index (χ4n) is 1.69. The predicted octanol–water partition coefficient (Wildman–Crippen LogP) is 1.94. The van der Waals surface area contributed by atoms with Gasteiger partial charge < -0.3 is 5.32 Å². The van der Waals surface area contributed by atoms with Crippen LogP contribution >= 0.6 is 22.7 Å². The first-order valence-corrected chi connectivity index (χ1v) is 9.56. The SMILES string of the molecule is O=S(=O)(NCc1cscn1)c1ccc(CNC2CC2)s1. The summed E-state index contributed by atoms with van der Waals surface area (Å²) in [6.45, 7) is 0.982. The first-order valence-electron chi connectivity index (χ1n) is 6.32. The van der Waals surface area contributed by atoms with Crippen LogP contribution in [0.4, 0.5) is 0 Å². The van der Waals surface area contributed by atoms with Crippen LogP contribution in [0.2, 0.25) is 0 Å². The first-order chi connectivity index (χ1) is 9.63. The number of hydrogen-bond donors (Lipinski definition) is 2. The van der Waals surface area contributed by atoms with Crippen molar-refractivity contribution < 1.29 is 8.42 Å². The lowest BCUT2D eigenvalue weighted by Gasteiger charge is -2.02. The van der Waals surface area contributed by atoms with Gasteiger partial charge >= 0.3 is 0 Å². The Morgan fingerprint density at radius 3 is 2.85 bits per heavy atom. The molecule has 3 rings (SSSR count). The third kappa shape index (κ3) is 3.64. The number of nitrogens with zero attached hydrogens (tertiary/aromatic N) is 1. The van der Waals surface area contributed by atoms with Crippen molar-refractivity contribution in [1.82, 2.24) is 15.0 Å². The van der Waals surface area contributed by atoms with E-state index in [1.807, 2.05) is 11.4 Å². The van der Waals surface area contributed by atoms with Crippen molar-refractivity contribution in [3.63, 3.8) is 0 Å². The Hall–Kier alpha value is -0.800. The number of sulfonamides is 1. The van der Waals surface area contributed by atoms with Crippen LogP contribution in [0.5, 0.6) is 0 Å². The third-order valence-electron chi connectivity index (χ3n) is 2.97. The van der Waals surface area contributed by atoms with E-state index in [9.17, 15) is 8.42 Å². The molecule has 0 bridgehead atoms. The van der Waals surface area contributed by atoms with Gasteiger partial charge in [-0.05, 0) is 25.0 Å². The molecule has 0 amide bonds. The van der Waals surface area contributed by atoms with Crippen LogP contribution in [0, 0.1) is 0 Å². The van der Waals surface area contributed by atoms with Crippen molar-refractivity contribution in [2.75, 3.05) is 0 Å². The van der Waals surface area contributed by atoms with E-state index in [-0.39, 0.29) is 6.54 Å². The van der Waals surface area contributed by atoms with Gasteiger partial charge in [0.05, 0.1) is 17.7 Å². The van der Waals surface area contributed by atoms with Gasteiger partial charge in [0, 0.05) is 22.8 Å². The largest absolute Gasteiger partial charge is 0.309 e. The van der Waals surface area contributed by atoms with Crippen LogP contribution in [0.1, 0.15) is 23.4 Å². The molecule has 0 radical (unpaired) electrons. The lowest BCUT2D eigenvalue weighted by Crippen LogP contribution is -2.22. The summed E-state index contributed by atoms with van der Waals surface area (Å²) in [5.74, 6) is 0. The quantitative estimate of drug-likeness (QED) is 0.814. The topological polar surface area (TPSA) is 71.1 Å². The van der Waals surface area contributed by atoms with E-state index < -0.39 is 10.0 Å². The minimum atomic E-state index is -3.43. The maximum Gasteiger partial charge on any atom is 0.250 e. The Balaban J connectivity index is 1.61. The van der Waals surface area contributed by atoms with Crippen molar-refractivity contribution in [2.24, 2.45) is 0 Å². The zero-order valence-corrected chi connectivity index (χ0v) is 13.2. The summed E-state index contributed by atoms with van der Waals surface area (Å²) < 4.78 is 27.2. The zero-order valence-electron chi connectivity index (χ0n) is 10.7. The minimum Gasteiger partial charge on any atom is -0.309 e. The molecule has 0 saturated heterocycles. The summed E-state index contributed by atoms with van der Waals surface area (Å²) in [5, 5.41) is 5.21. The molecule has 0 atom stereocenters. The molecule has 2 heterocycles. The van der Waals surface area contributed by atoms with E-state index in [1.165, 1.54) is 35.5 Å². The summed E-state index contributed by atoms with van der Waals surface area (Å²) in [5.41, 5.74) is 2.43. The van der Waals surface area contributed by atoms with Crippen LogP contribution in [0.3, 0.4) is 0 Å². The molecule has 0 unspecified atom stereocenters.